The van der Waals surface area contributed by atoms with Crippen LogP contribution in [0.4, 0.5) is 0 Å². The fourth-order valence-corrected chi connectivity index (χ4v) is 2.26. The third-order valence-electron chi connectivity index (χ3n) is 3.39. The molecule has 1 amide bonds. The number of hydrogen-bond acceptors (Lipinski definition) is 2. The summed E-state index contributed by atoms with van der Waals surface area (Å²) in [6, 6.07) is 6.34. The van der Waals surface area contributed by atoms with E-state index in [1.165, 1.54) is 0 Å². The standard InChI is InChI=1S/C14H20N2O/c1-10-4-5-11(2)13(8-10)14(17)16-7-6-15-9-12(16)3/h4-5,8,12,15H,6-7,9H2,1-3H3/t12-/m0/s1. The summed E-state index contributed by atoms with van der Waals surface area (Å²) >= 11 is 0. The number of benzene rings is 1. The van der Waals surface area contributed by atoms with Crippen molar-refractivity contribution >= 4 is 5.91 Å². The number of carbonyl (C=O) groups excluding carboxylic acids is 1. The van der Waals surface area contributed by atoms with Crippen molar-refractivity contribution in [3.05, 3.63) is 34.9 Å². The molecule has 0 spiro atoms. The first-order valence-electron chi connectivity index (χ1n) is 6.18. The topological polar surface area (TPSA) is 32.3 Å². The molecule has 0 aliphatic carbocycles. The van der Waals surface area contributed by atoms with E-state index in [2.05, 4.69) is 12.2 Å². The van der Waals surface area contributed by atoms with Gasteiger partial charge in [-0.25, -0.2) is 0 Å². The Morgan fingerprint density at radius 3 is 2.88 bits per heavy atom. The lowest BCUT2D eigenvalue weighted by molar-refractivity contribution is 0.0655. The summed E-state index contributed by atoms with van der Waals surface area (Å²) in [4.78, 5) is 14.5. The van der Waals surface area contributed by atoms with Crippen LogP contribution in [0.1, 0.15) is 28.4 Å². The first-order valence-corrected chi connectivity index (χ1v) is 6.18. The minimum atomic E-state index is 0.167. The van der Waals surface area contributed by atoms with E-state index < -0.39 is 0 Å². The van der Waals surface area contributed by atoms with Crippen molar-refractivity contribution in [3.8, 4) is 0 Å². The van der Waals surface area contributed by atoms with Crippen molar-refractivity contribution < 1.29 is 4.79 Å². The molecule has 0 unspecified atom stereocenters. The largest absolute Gasteiger partial charge is 0.333 e. The van der Waals surface area contributed by atoms with Gasteiger partial charge in [-0.3, -0.25) is 4.79 Å². The highest BCUT2D eigenvalue weighted by Crippen LogP contribution is 2.15. The fraction of sp³-hybridized carbons (Fsp3) is 0.500. The molecule has 1 aromatic carbocycles. The molecule has 1 aliphatic heterocycles. The molecular formula is C14H20N2O. The maximum atomic E-state index is 12.5. The lowest BCUT2D eigenvalue weighted by Gasteiger charge is -2.34. The van der Waals surface area contributed by atoms with Gasteiger partial charge < -0.3 is 10.2 Å². The van der Waals surface area contributed by atoms with E-state index in [4.69, 9.17) is 0 Å². The van der Waals surface area contributed by atoms with E-state index in [9.17, 15) is 4.79 Å². The monoisotopic (exact) mass is 232 g/mol. The Hall–Kier alpha value is -1.35. The third-order valence-corrected chi connectivity index (χ3v) is 3.39. The highest BCUT2D eigenvalue weighted by atomic mass is 16.2. The minimum Gasteiger partial charge on any atom is -0.333 e. The van der Waals surface area contributed by atoms with Crippen LogP contribution in [-0.4, -0.2) is 36.5 Å². The summed E-state index contributed by atoms with van der Waals surface area (Å²) < 4.78 is 0. The zero-order valence-electron chi connectivity index (χ0n) is 10.8. The summed E-state index contributed by atoms with van der Waals surface area (Å²) in [6.07, 6.45) is 0. The summed E-state index contributed by atoms with van der Waals surface area (Å²) in [5.74, 6) is 0.167. The second kappa shape index (κ2) is 4.88. The van der Waals surface area contributed by atoms with Gasteiger partial charge in [-0.1, -0.05) is 17.7 Å². The van der Waals surface area contributed by atoms with Gasteiger partial charge in [0.25, 0.3) is 5.91 Å². The molecule has 1 aromatic rings. The Bertz CT molecular complexity index is 428. The van der Waals surface area contributed by atoms with Crippen LogP contribution in [0.5, 0.6) is 0 Å². The Morgan fingerprint density at radius 2 is 2.18 bits per heavy atom. The van der Waals surface area contributed by atoms with E-state index in [-0.39, 0.29) is 11.9 Å². The van der Waals surface area contributed by atoms with Gasteiger partial charge in [0.15, 0.2) is 0 Å². The summed E-state index contributed by atoms with van der Waals surface area (Å²) in [6.45, 7) is 8.69. The average Bonchev–Trinajstić information content (AvgIpc) is 2.32. The molecule has 0 saturated carbocycles. The maximum absolute atomic E-state index is 12.5. The van der Waals surface area contributed by atoms with Crippen molar-refractivity contribution in [1.29, 1.82) is 0 Å². The number of aryl methyl sites for hydroxylation is 2. The molecule has 1 heterocycles. The van der Waals surface area contributed by atoms with Crippen molar-refractivity contribution in [2.75, 3.05) is 19.6 Å². The van der Waals surface area contributed by atoms with Crippen LogP contribution in [0.15, 0.2) is 18.2 Å². The molecule has 1 N–H and O–H groups in total. The number of piperazine rings is 1. The number of hydrogen-bond donors (Lipinski definition) is 1. The van der Waals surface area contributed by atoms with Gasteiger partial charge in [-0.15, -0.1) is 0 Å². The van der Waals surface area contributed by atoms with Gasteiger partial charge in [-0.05, 0) is 32.4 Å². The second-order valence-electron chi connectivity index (χ2n) is 4.87. The van der Waals surface area contributed by atoms with Crippen LogP contribution in [0.25, 0.3) is 0 Å². The van der Waals surface area contributed by atoms with Crippen LogP contribution < -0.4 is 5.32 Å². The van der Waals surface area contributed by atoms with Gasteiger partial charge in [0.05, 0.1) is 0 Å². The second-order valence-corrected chi connectivity index (χ2v) is 4.87. The zero-order valence-corrected chi connectivity index (χ0v) is 10.8. The Balaban J connectivity index is 2.26. The molecule has 17 heavy (non-hydrogen) atoms. The zero-order chi connectivity index (χ0) is 12.4. The Morgan fingerprint density at radius 1 is 1.41 bits per heavy atom. The van der Waals surface area contributed by atoms with Crippen LogP contribution >= 0.6 is 0 Å². The predicted octanol–water partition coefficient (Wildman–Crippen LogP) is 1.74. The Kier molecular flexibility index (Phi) is 3.48. The average molecular weight is 232 g/mol. The van der Waals surface area contributed by atoms with Gasteiger partial charge >= 0.3 is 0 Å². The SMILES string of the molecule is Cc1ccc(C)c(C(=O)N2CCNC[C@@H]2C)c1. The highest BCUT2D eigenvalue weighted by Gasteiger charge is 2.24. The van der Waals surface area contributed by atoms with E-state index in [1.807, 2.05) is 36.9 Å². The molecule has 92 valence electrons. The number of carbonyl (C=O) groups is 1. The normalized spacial score (nSPS) is 20.4. The molecule has 0 aromatic heterocycles. The molecule has 1 atom stereocenters. The van der Waals surface area contributed by atoms with E-state index in [0.717, 1.165) is 36.3 Å². The molecule has 1 fully saturated rings. The third kappa shape index (κ3) is 2.50. The molecule has 3 heteroatoms. The maximum Gasteiger partial charge on any atom is 0.254 e. The first kappa shape index (κ1) is 12.1. The molecule has 0 radical (unpaired) electrons. The number of amides is 1. The molecule has 2 rings (SSSR count). The van der Waals surface area contributed by atoms with Crippen molar-refractivity contribution in [2.45, 2.75) is 26.8 Å². The van der Waals surface area contributed by atoms with E-state index in [1.54, 1.807) is 0 Å². The number of nitrogens with one attached hydrogen (secondary N) is 1. The van der Waals surface area contributed by atoms with E-state index >= 15 is 0 Å². The predicted molar refractivity (Wildman–Crippen MR) is 69.3 cm³/mol. The van der Waals surface area contributed by atoms with Crippen LogP contribution in [0, 0.1) is 13.8 Å². The lowest BCUT2D eigenvalue weighted by atomic mass is 10.0. The molecule has 3 nitrogen and oxygen atoms in total. The smallest absolute Gasteiger partial charge is 0.254 e. The molecule has 1 saturated heterocycles. The quantitative estimate of drug-likeness (QED) is 0.800. The van der Waals surface area contributed by atoms with Crippen LogP contribution in [-0.2, 0) is 0 Å². The molecule has 1 aliphatic rings. The van der Waals surface area contributed by atoms with Gasteiger partial charge in [-0.2, -0.15) is 0 Å². The van der Waals surface area contributed by atoms with Crippen molar-refractivity contribution in [1.82, 2.24) is 10.2 Å². The summed E-state index contributed by atoms with van der Waals surface area (Å²) in [5, 5.41) is 3.30. The first-order chi connectivity index (χ1) is 8.09. The minimum absolute atomic E-state index is 0.167. The van der Waals surface area contributed by atoms with E-state index in [0.29, 0.717) is 0 Å². The molecule has 0 bridgehead atoms. The number of nitrogens with zero attached hydrogens (tertiary/aromatic N) is 1. The number of rotatable bonds is 1. The lowest BCUT2D eigenvalue weighted by Crippen LogP contribution is -2.52. The van der Waals surface area contributed by atoms with Gasteiger partial charge in [0.1, 0.15) is 0 Å². The van der Waals surface area contributed by atoms with Gasteiger partial charge in [0, 0.05) is 31.2 Å². The summed E-state index contributed by atoms with van der Waals surface area (Å²) in [7, 11) is 0. The van der Waals surface area contributed by atoms with Crippen molar-refractivity contribution in [3.63, 3.8) is 0 Å². The molecular weight excluding hydrogens is 212 g/mol. The summed E-state index contributed by atoms with van der Waals surface area (Å²) in [5.41, 5.74) is 3.05. The highest BCUT2D eigenvalue weighted by molar-refractivity contribution is 5.96. The Labute approximate surface area is 103 Å². The van der Waals surface area contributed by atoms with Gasteiger partial charge in [0.2, 0.25) is 0 Å². The van der Waals surface area contributed by atoms with Crippen molar-refractivity contribution in [2.24, 2.45) is 0 Å². The fourth-order valence-electron chi connectivity index (χ4n) is 2.26. The van der Waals surface area contributed by atoms with Crippen LogP contribution in [0.3, 0.4) is 0 Å². The van der Waals surface area contributed by atoms with Crippen LogP contribution in [0.2, 0.25) is 0 Å².